The minimum atomic E-state index is -0.426. The van der Waals surface area contributed by atoms with Crippen LogP contribution < -0.4 is 4.74 Å². The maximum atomic E-state index is 14.5. The van der Waals surface area contributed by atoms with E-state index in [0.29, 0.717) is 17.7 Å². The molecule has 1 nitrogen and oxygen atoms in total. The highest BCUT2D eigenvalue weighted by Gasteiger charge is 2.01. The standard InChI is InChI=1S/C30H20F2O/c1-2-3-18-33-29-16-9-22(10-17-29)4-5-24-7-12-25(30(32)20-24)11-6-23-8-13-27-21-28(31)15-14-26(27)19-23/h2-3,7-10,12-17,19-21H,18H2,1H3/b3-2+. The van der Waals surface area contributed by atoms with Gasteiger partial charge in [-0.2, -0.15) is 0 Å². The SMILES string of the molecule is C/C=C/COc1ccc(C#Cc2ccc(C#Cc3ccc4cc(F)ccc4c3)c(F)c2)cc1. The van der Waals surface area contributed by atoms with E-state index in [0.717, 1.165) is 27.6 Å². The third-order valence-corrected chi connectivity index (χ3v) is 4.90. The number of benzene rings is 4. The summed E-state index contributed by atoms with van der Waals surface area (Å²) in [5.74, 6) is 11.9. The fraction of sp³-hybridized carbons (Fsp3) is 0.0667. The number of rotatable bonds is 3. The summed E-state index contributed by atoms with van der Waals surface area (Å²) < 4.78 is 33.4. The molecule has 0 aliphatic heterocycles. The van der Waals surface area contributed by atoms with Crippen LogP contribution in [0.2, 0.25) is 0 Å². The smallest absolute Gasteiger partial charge is 0.140 e. The second-order valence-corrected chi connectivity index (χ2v) is 7.31. The summed E-state index contributed by atoms with van der Waals surface area (Å²) in [7, 11) is 0. The zero-order chi connectivity index (χ0) is 23.0. The summed E-state index contributed by atoms with van der Waals surface area (Å²) in [5.41, 5.74) is 2.41. The average Bonchev–Trinajstić information content (AvgIpc) is 2.83. The van der Waals surface area contributed by atoms with Crippen molar-refractivity contribution in [2.75, 3.05) is 6.61 Å². The van der Waals surface area contributed by atoms with Gasteiger partial charge in [0.2, 0.25) is 0 Å². The molecular weight excluding hydrogens is 414 g/mol. The van der Waals surface area contributed by atoms with E-state index in [1.165, 1.54) is 18.2 Å². The lowest BCUT2D eigenvalue weighted by Crippen LogP contribution is -1.92. The molecular formula is C30H20F2O. The Hall–Kier alpha value is -4.34. The molecule has 4 rings (SSSR count). The molecule has 0 bridgehead atoms. The molecule has 3 heteroatoms. The predicted molar refractivity (Wildman–Crippen MR) is 129 cm³/mol. The predicted octanol–water partition coefficient (Wildman–Crippen LogP) is 6.87. The van der Waals surface area contributed by atoms with E-state index in [9.17, 15) is 8.78 Å². The van der Waals surface area contributed by atoms with Crippen LogP contribution in [0.25, 0.3) is 10.8 Å². The first-order valence-corrected chi connectivity index (χ1v) is 10.5. The first-order valence-electron chi connectivity index (χ1n) is 10.5. The molecule has 0 radical (unpaired) electrons. The van der Waals surface area contributed by atoms with Gasteiger partial charge in [-0.25, -0.2) is 8.78 Å². The molecule has 0 saturated carbocycles. The monoisotopic (exact) mass is 434 g/mol. The minimum Gasteiger partial charge on any atom is -0.490 e. The molecule has 4 aromatic rings. The second kappa shape index (κ2) is 10.3. The van der Waals surface area contributed by atoms with Crippen molar-refractivity contribution in [1.82, 2.24) is 0 Å². The normalized spacial score (nSPS) is 10.4. The molecule has 0 amide bonds. The van der Waals surface area contributed by atoms with Crippen molar-refractivity contribution >= 4 is 10.8 Å². The molecule has 0 fully saturated rings. The molecule has 0 aromatic heterocycles. The highest BCUT2D eigenvalue weighted by molar-refractivity contribution is 5.84. The number of ether oxygens (including phenoxy) is 1. The maximum Gasteiger partial charge on any atom is 0.140 e. The number of fused-ring (bicyclic) bond motifs is 1. The van der Waals surface area contributed by atoms with Crippen LogP contribution in [0, 0.1) is 35.3 Å². The van der Waals surface area contributed by atoms with Crippen molar-refractivity contribution in [3.63, 3.8) is 0 Å². The van der Waals surface area contributed by atoms with Crippen molar-refractivity contribution in [1.29, 1.82) is 0 Å². The van der Waals surface area contributed by atoms with Crippen LogP contribution >= 0.6 is 0 Å². The number of halogens is 2. The molecule has 0 saturated heterocycles. The zero-order valence-corrected chi connectivity index (χ0v) is 18.0. The van der Waals surface area contributed by atoms with Crippen molar-refractivity contribution in [3.8, 4) is 29.4 Å². The lowest BCUT2D eigenvalue weighted by atomic mass is 10.1. The van der Waals surface area contributed by atoms with Gasteiger partial charge in [-0.15, -0.1) is 0 Å². The molecule has 160 valence electrons. The van der Waals surface area contributed by atoms with E-state index in [1.807, 2.05) is 49.4 Å². The fourth-order valence-corrected chi connectivity index (χ4v) is 3.15. The van der Waals surface area contributed by atoms with Crippen molar-refractivity contribution in [2.24, 2.45) is 0 Å². The minimum absolute atomic E-state index is 0.280. The summed E-state index contributed by atoms with van der Waals surface area (Å²) in [6, 6.07) is 22.2. The van der Waals surface area contributed by atoms with Crippen LogP contribution in [0.3, 0.4) is 0 Å². The Morgan fingerprint density at radius 3 is 2.12 bits per heavy atom. The Bertz CT molecular complexity index is 1440. The van der Waals surface area contributed by atoms with Crippen molar-refractivity contribution in [3.05, 3.63) is 125 Å². The van der Waals surface area contributed by atoms with E-state index in [-0.39, 0.29) is 5.82 Å². The van der Waals surface area contributed by atoms with Crippen LogP contribution in [0.15, 0.2) is 91.0 Å². The summed E-state index contributed by atoms with van der Waals surface area (Å²) in [5, 5.41) is 1.68. The lowest BCUT2D eigenvalue weighted by Gasteiger charge is -2.02. The highest BCUT2D eigenvalue weighted by atomic mass is 19.1. The zero-order valence-electron chi connectivity index (χ0n) is 18.0. The van der Waals surface area contributed by atoms with E-state index >= 15 is 0 Å². The van der Waals surface area contributed by atoms with Crippen molar-refractivity contribution < 1.29 is 13.5 Å². The lowest BCUT2D eigenvalue weighted by molar-refractivity contribution is 0.362. The molecule has 0 unspecified atom stereocenters. The fourth-order valence-electron chi connectivity index (χ4n) is 3.15. The molecule has 0 atom stereocenters. The third kappa shape index (κ3) is 5.88. The molecule has 0 aliphatic carbocycles. The maximum absolute atomic E-state index is 14.5. The quantitative estimate of drug-likeness (QED) is 0.252. The molecule has 4 aromatic carbocycles. The molecule has 0 aliphatic rings. The molecule has 0 spiro atoms. The summed E-state index contributed by atoms with van der Waals surface area (Å²) in [6.45, 7) is 2.47. The van der Waals surface area contributed by atoms with Crippen LogP contribution in [-0.4, -0.2) is 6.61 Å². The highest BCUT2D eigenvalue weighted by Crippen LogP contribution is 2.17. The first-order chi connectivity index (χ1) is 16.1. The van der Waals surface area contributed by atoms with Gasteiger partial charge in [0.25, 0.3) is 0 Å². The third-order valence-electron chi connectivity index (χ3n) is 4.90. The van der Waals surface area contributed by atoms with Gasteiger partial charge in [-0.05, 0) is 84.4 Å². The summed E-state index contributed by atoms with van der Waals surface area (Å²) >= 11 is 0. The van der Waals surface area contributed by atoms with Gasteiger partial charge in [0, 0.05) is 16.7 Å². The summed E-state index contributed by atoms with van der Waals surface area (Å²) in [4.78, 5) is 0. The van der Waals surface area contributed by atoms with Gasteiger partial charge in [-0.3, -0.25) is 0 Å². The topological polar surface area (TPSA) is 9.23 Å². The van der Waals surface area contributed by atoms with Gasteiger partial charge < -0.3 is 4.74 Å². The van der Waals surface area contributed by atoms with Crippen LogP contribution in [-0.2, 0) is 0 Å². The Morgan fingerprint density at radius 2 is 1.33 bits per heavy atom. The molecule has 33 heavy (non-hydrogen) atoms. The van der Waals surface area contributed by atoms with Gasteiger partial charge in [-0.1, -0.05) is 48.0 Å². The van der Waals surface area contributed by atoms with Crippen molar-refractivity contribution in [2.45, 2.75) is 6.92 Å². The van der Waals surface area contributed by atoms with Crippen LogP contribution in [0.1, 0.15) is 29.2 Å². The van der Waals surface area contributed by atoms with Gasteiger partial charge in [0.1, 0.15) is 24.0 Å². The van der Waals surface area contributed by atoms with E-state index in [1.54, 1.807) is 30.3 Å². The molecule has 0 N–H and O–H groups in total. The Labute approximate surface area is 192 Å². The van der Waals surface area contributed by atoms with Gasteiger partial charge >= 0.3 is 0 Å². The number of hydrogen-bond donors (Lipinski definition) is 0. The Balaban J connectivity index is 1.47. The average molecular weight is 434 g/mol. The van der Waals surface area contributed by atoms with Gasteiger partial charge in [0.05, 0.1) is 5.56 Å². The van der Waals surface area contributed by atoms with Crippen LogP contribution in [0.5, 0.6) is 5.75 Å². The number of hydrogen-bond acceptors (Lipinski definition) is 1. The number of allylic oxidation sites excluding steroid dienone is 1. The van der Waals surface area contributed by atoms with E-state index < -0.39 is 5.82 Å². The molecule has 0 heterocycles. The second-order valence-electron chi connectivity index (χ2n) is 7.31. The van der Waals surface area contributed by atoms with Gasteiger partial charge in [0.15, 0.2) is 0 Å². The summed E-state index contributed by atoms with van der Waals surface area (Å²) in [6.07, 6.45) is 3.86. The first kappa shape index (κ1) is 21.9. The van der Waals surface area contributed by atoms with E-state index in [4.69, 9.17) is 4.74 Å². The van der Waals surface area contributed by atoms with E-state index in [2.05, 4.69) is 23.7 Å². The van der Waals surface area contributed by atoms with Crippen LogP contribution in [0.4, 0.5) is 8.78 Å². The Morgan fingerprint density at radius 1 is 0.697 bits per heavy atom. The Kier molecular flexibility index (Phi) is 6.84. The largest absolute Gasteiger partial charge is 0.490 e.